The third-order valence-corrected chi connectivity index (χ3v) is 6.32. The van der Waals surface area contributed by atoms with Gasteiger partial charge in [-0.3, -0.25) is 0 Å². The molecule has 0 spiro atoms. The van der Waals surface area contributed by atoms with Crippen molar-refractivity contribution in [3.8, 4) is 0 Å². The van der Waals surface area contributed by atoms with Crippen LogP contribution in [0, 0.1) is 5.92 Å². The fourth-order valence-corrected chi connectivity index (χ4v) is 4.81. The molecule has 0 aromatic heterocycles. The maximum absolute atomic E-state index is 5.67. The normalized spacial score (nSPS) is 34.9. The number of rotatable bonds is 4. The van der Waals surface area contributed by atoms with Gasteiger partial charge in [0.1, 0.15) is 0 Å². The highest BCUT2D eigenvalue weighted by Gasteiger charge is 2.39. The quantitative estimate of drug-likeness (QED) is 0.648. The minimum atomic E-state index is 0.400. The second kappa shape index (κ2) is 3.87. The average molecular weight is 173 g/mol. The Morgan fingerprint density at radius 1 is 1.64 bits per heavy atom. The lowest BCUT2D eigenvalue weighted by atomic mass is 10.1. The summed E-state index contributed by atoms with van der Waals surface area (Å²) in [5.41, 5.74) is 7.68. The van der Waals surface area contributed by atoms with Crippen molar-refractivity contribution in [3.63, 3.8) is 0 Å². The van der Waals surface area contributed by atoms with Gasteiger partial charge in [-0.15, -0.1) is 0 Å². The van der Waals surface area contributed by atoms with Crippen LogP contribution in [-0.4, -0.2) is 24.0 Å². The van der Waals surface area contributed by atoms with Gasteiger partial charge in [-0.25, -0.2) is 0 Å². The Labute approximate surface area is 71.5 Å². The Balaban J connectivity index is 2.37. The van der Waals surface area contributed by atoms with E-state index in [2.05, 4.69) is 20.8 Å². The zero-order valence-electron chi connectivity index (χ0n) is 7.88. The van der Waals surface area contributed by atoms with Crippen LogP contribution in [0.1, 0.15) is 27.2 Å². The van der Waals surface area contributed by atoms with Crippen molar-refractivity contribution in [3.05, 3.63) is 0 Å². The monoisotopic (exact) mass is 173 g/mol. The smallest absolute Gasteiger partial charge is 0.00455 e. The van der Waals surface area contributed by atoms with Crippen molar-refractivity contribution < 1.29 is 0 Å². The van der Waals surface area contributed by atoms with E-state index in [0.29, 0.717) is 7.92 Å². The molecule has 0 aliphatic carbocycles. The second-order valence-corrected chi connectivity index (χ2v) is 6.67. The summed E-state index contributed by atoms with van der Waals surface area (Å²) in [7, 11) is 0.400. The number of hydrogen-bond donors (Lipinski definition) is 1. The van der Waals surface area contributed by atoms with Gasteiger partial charge < -0.3 is 5.73 Å². The molecule has 0 amide bonds. The van der Waals surface area contributed by atoms with E-state index in [1.165, 1.54) is 12.6 Å². The molecular formula is C9H20NP. The zero-order chi connectivity index (χ0) is 8.43. The summed E-state index contributed by atoms with van der Waals surface area (Å²) in [5, 5.41) is 0. The highest BCUT2D eigenvalue weighted by molar-refractivity contribution is 7.66. The first kappa shape index (κ1) is 9.48. The summed E-state index contributed by atoms with van der Waals surface area (Å²) in [6.07, 6.45) is 2.85. The summed E-state index contributed by atoms with van der Waals surface area (Å²) in [6.45, 7) is 7.88. The van der Waals surface area contributed by atoms with Crippen LogP contribution in [0.4, 0.5) is 0 Å². The maximum Gasteiger partial charge on any atom is -0.00455 e. The lowest BCUT2D eigenvalue weighted by Crippen LogP contribution is -2.21. The minimum absolute atomic E-state index is 0.400. The summed E-state index contributed by atoms with van der Waals surface area (Å²) < 4.78 is 0. The van der Waals surface area contributed by atoms with Crippen LogP contribution in [0.3, 0.4) is 0 Å². The molecule has 1 aliphatic heterocycles. The fraction of sp³-hybridized carbons (Fsp3) is 1.00. The van der Waals surface area contributed by atoms with Gasteiger partial charge in [-0.05, 0) is 36.4 Å². The van der Waals surface area contributed by atoms with Crippen molar-refractivity contribution in [2.45, 2.75) is 38.5 Å². The highest BCUT2D eigenvalue weighted by Crippen LogP contribution is 2.64. The molecular weight excluding hydrogens is 153 g/mol. The topological polar surface area (TPSA) is 26.0 Å². The standard InChI is InChI=1S/C9H20NP/c1-4-9(7(2)5-10)11-6-8(11)3/h7-9H,4-6,10H2,1-3H3. The third kappa shape index (κ3) is 2.16. The summed E-state index contributed by atoms with van der Waals surface area (Å²) in [6, 6.07) is 0. The summed E-state index contributed by atoms with van der Waals surface area (Å²) in [5.74, 6) is 0.760. The molecule has 1 aliphatic rings. The molecule has 1 nitrogen and oxygen atoms in total. The van der Waals surface area contributed by atoms with Crippen molar-refractivity contribution >= 4 is 7.92 Å². The summed E-state index contributed by atoms with van der Waals surface area (Å²) >= 11 is 0. The van der Waals surface area contributed by atoms with Crippen LogP contribution in [-0.2, 0) is 0 Å². The van der Waals surface area contributed by atoms with Gasteiger partial charge in [0.05, 0.1) is 0 Å². The highest BCUT2D eigenvalue weighted by atomic mass is 31.1. The molecule has 11 heavy (non-hydrogen) atoms. The van der Waals surface area contributed by atoms with Crippen LogP contribution >= 0.6 is 7.92 Å². The molecule has 2 N–H and O–H groups in total. The van der Waals surface area contributed by atoms with Gasteiger partial charge in [0.2, 0.25) is 0 Å². The first-order valence-corrected chi connectivity index (χ1v) is 6.33. The molecule has 0 aromatic rings. The van der Waals surface area contributed by atoms with E-state index in [0.717, 1.165) is 23.8 Å². The molecule has 1 heterocycles. The molecule has 0 aromatic carbocycles. The van der Waals surface area contributed by atoms with E-state index < -0.39 is 0 Å². The van der Waals surface area contributed by atoms with E-state index in [9.17, 15) is 0 Å². The second-order valence-electron chi connectivity index (χ2n) is 3.73. The molecule has 1 saturated heterocycles. The molecule has 1 fully saturated rings. The van der Waals surface area contributed by atoms with Gasteiger partial charge >= 0.3 is 0 Å². The lowest BCUT2D eigenvalue weighted by Gasteiger charge is -2.21. The van der Waals surface area contributed by atoms with Crippen LogP contribution < -0.4 is 5.73 Å². The molecule has 4 atom stereocenters. The average Bonchev–Trinajstić information content (AvgIpc) is 2.68. The van der Waals surface area contributed by atoms with Gasteiger partial charge in [0.25, 0.3) is 0 Å². The molecule has 0 bridgehead atoms. The van der Waals surface area contributed by atoms with Gasteiger partial charge in [0.15, 0.2) is 0 Å². The largest absolute Gasteiger partial charge is 0.330 e. The van der Waals surface area contributed by atoms with Crippen molar-refractivity contribution in [1.82, 2.24) is 0 Å². The first-order valence-electron chi connectivity index (χ1n) is 4.66. The van der Waals surface area contributed by atoms with Gasteiger partial charge in [-0.1, -0.05) is 28.7 Å². The first-order chi connectivity index (χ1) is 5.20. The molecule has 0 saturated carbocycles. The summed E-state index contributed by atoms with van der Waals surface area (Å²) in [4.78, 5) is 0. The fourth-order valence-electron chi connectivity index (χ4n) is 1.84. The van der Waals surface area contributed by atoms with E-state index in [1.54, 1.807) is 0 Å². The predicted octanol–water partition coefficient (Wildman–Crippen LogP) is 2.24. The van der Waals surface area contributed by atoms with Crippen molar-refractivity contribution in [1.29, 1.82) is 0 Å². The molecule has 2 heteroatoms. The maximum atomic E-state index is 5.67. The van der Waals surface area contributed by atoms with E-state index in [-0.39, 0.29) is 0 Å². The Kier molecular flexibility index (Phi) is 3.33. The van der Waals surface area contributed by atoms with Crippen LogP contribution in [0.15, 0.2) is 0 Å². The predicted molar refractivity (Wildman–Crippen MR) is 53.5 cm³/mol. The minimum Gasteiger partial charge on any atom is -0.330 e. The SMILES string of the molecule is CCC(C(C)CN)P1CC1C. The van der Waals surface area contributed by atoms with E-state index in [4.69, 9.17) is 5.73 Å². The molecule has 66 valence electrons. The molecule has 0 radical (unpaired) electrons. The Hall–Kier alpha value is 0.390. The Bertz CT molecular complexity index is 123. The van der Waals surface area contributed by atoms with Crippen LogP contribution in [0.25, 0.3) is 0 Å². The van der Waals surface area contributed by atoms with Crippen LogP contribution in [0.5, 0.6) is 0 Å². The van der Waals surface area contributed by atoms with Gasteiger partial charge in [-0.2, -0.15) is 0 Å². The Morgan fingerprint density at radius 2 is 2.18 bits per heavy atom. The Morgan fingerprint density at radius 3 is 2.45 bits per heavy atom. The van der Waals surface area contributed by atoms with Crippen molar-refractivity contribution in [2.24, 2.45) is 11.7 Å². The van der Waals surface area contributed by atoms with E-state index >= 15 is 0 Å². The van der Waals surface area contributed by atoms with Crippen molar-refractivity contribution in [2.75, 3.05) is 12.7 Å². The molecule has 4 unspecified atom stereocenters. The number of nitrogens with two attached hydrogens (primary N) is 1. The molecule has 1 rings (SSSR count). The van der Waals surface area contributed by atoms with Gasteiger partial charge in [0, 0.05) is 0 Å². The zero-order valence-corrected chi connectivity index (χ0v) is 8.77. The third-order valence-electron chi connectivity index (χ3n) is 2.78. The lowest BCUT2D eigenvalue weighted by molar-refractivity contribution is 0.547. The van der Waals surface area contributed by atoms with Crippen LogP contribution in [0.2, 0.25) is 0 Å². The van der Waals surface area contributed by atoms with E-state index in [1.807, 2.05) is 0 Å². The number of hydrogen-bond acceptors (Lipinski definition) is 1.